The minimum Gasteiger partial charge on any atom is -0.497 e. The van der Waals surface area contributed by atoms with Gasteiger partial charge in [-0.3, -0.25) is 10.9 Å². The number of nitrogens with one attached hydrogen (secondary N) is 4. The summed E-state index contributed by atoms with van der Waals surface area (Å²) in [4.78, 5) is 0. The molecule has 2 rings (SSSR count). The SMILES string of the molecule is CCOc1ccc(NC(=S)NNC(=S)Nc2ccc(OC)cc2)cc1. The molecular weight excluding hydrogens is 356 g/mol. The molecule has 2 aromatic carbocycles. The number of hydrogen-bond acceptors (Lipinski definition) is 4. The first-order chi connectivity index (χ1) is 12.1. The van der Waals surface area contributed by atoms with Crippen LogP contribution in [-0.4, -0.2) is 23.9 Å². The molecule has 0 amide bonds. The third-order valence-electron chi connectivity index (χ3n) is 3.06. The van der Waals surface area contributed by atoms with Crippen LogP contribution in [0.15, 0.2) is 48.5 Å². The number of hydrogen-bond donors (Lipinski definition) is 4. The van der Waals surface area contributed by atoms with Crippen molar-refractivity contribution in [2.75, 3.05) is 24.4 Å². The van der Waals surface area contributed by atoms with Gasteiger partial charge < -0.3 is 20.1 Å². The summed E-state index contributed by atoms with van der Waals surface area (Å²) in [5.41, 5.74) is 7.33. The first-order valence-electron chi connectivity index (χ1n) is 7.61. The molecule has 8 heteroatoms. The van der Waals surface area contributed by atoms with Crippen LogP contribution in [0.1, 0.15) is 6.92 Å². The summed E-state index contributed by atoms with van der Waals surface area (Å²) in [6.07, 6.45) is 0. The maximum atomic E-state index is 5.39. The lowest BCUT2D eigenvalue weighted by Crippen LogP contribution is -2.45. The maximum Gasteiger partial charge on any atom is 0.189 e. The highest BCUT2D eigenvalue weighted by Crippen LogP contribution is 2.16. The van der Waals surface area contributed by atoms with Crippen LogP contribution in [0.5, 0.6) is 11.5 Å². The average molecular weight is 377 g/mol. The van der Waals surface area contributed by atoms with Crippen molar-refractivity contribution >= 4 is 46.0 Å². The van der Waals surface area contributed by atoms with Crippen molar-refractivity contribution < 1.29 is 9.47 Å². The Balaban J connectivity index is 1.75. The van der Waals surface area contributed by atoms with E-state index in [0.29, 0.717) is 16.8 Å². The molecule has 0 aliphatic carbocycles. The van der Waals surface area contributed by atoms with Gasteiger partial charge >= 0.3 is 0 Å². The number of anilines is 2. The highest BCUT2D eigenvalue weighted by molar-refractivity contribution is 7.81. The molecule has 0 unspecified atom stereocenters. The van der Waals surface area contributed by atoms with E-state index in [1.165, 1.54) is 0 Å². The standard InChI is InChI=1S/C17H20N4O2S2/c1-3-23-15-10-6-13(7-11-15)19-17(25)21-20-16(24)18-12-4-8-14(22-2)9-5-12/h4-11H,3H2,1-2H3,(H2,18,20,24)(H2,19,21,25). The van der Waals surface area contributed by atoms with Crippen LogP contribution >= 0.6 is 24.4 Å². The summed E-state index contributed by atoms with van der Waals surface area (Å²) in [5, 5.41) is 6.86. The molecule has 0 aromatic heterocycles. The molecule has 4 N–H and O–H groups in total. The van der Waals surface area contributed by atoms with Gasteiger partial charge in [-0.1, -0.05) is 0 Å². The molecular formula is C17H20N4O2S2. The Morgan fingerprint density at radius 1 is 0.800 bits per heavy atom. The summed E-state index contributed by atoms with van der Waals surface area (Å²) in [5.74, 6) is 1.60. The molecule has 2 aromatic rings. The fraction of sp³-hybridized carbons (Fsp3) is 0.176. The van der Waals surface area contributed by atoms with Crippen LogP contribution in [0.2, 0.25) is 0 Å². The average Bonchev–Trinajstić information content (AvgIpc) is 2.62. The monoisotopic (exact) mass is 376 g/mol. The number of rotatable bonds is 5. The fourth-order valence-corrected chi connectivity index (χ4v) is 2.25. The third kappa shape index (κ3) is 6.44. The normalized spacial score (nSPS) is 9.68. The lowest BCUT2D eigenvalue weighted by Gasteiger charge is -2.14. The molecule has 0 saturated carbocycles. The molecule has 132 valence electrons. The van der Waals surface area contributed by atoms with Gasteiger partial charge in [0.1, 0.15) is 11.5 Å². The van der Waals surface area contributed by atoms with Crippen LogP contribution in [0.4, 0.5) is 11.4 Å². The van der Waals surface area contributed by atoms with E-state index in [2.05, 4.69) is 21.5 Å². The summed E-state index contributed by atoms with van der Waals surface area (Å²) < 4.78 is 10.5. The smallest absolute Gasteiger partial charge is 0.189 e. The van der Waals surface area contributed by atoms with Gasteiger partial charge in [0.2, 0.25) is 0 Å². The second kappa shape index (κ2) is 9.65. The van der Waals surface area contributed by atoms with Gasteiger partial charge in [0.25, 0.3) is 0 Å². The van der Waals surface area contributed by atoms with Crippen molar-refractivity contribution in [3.05, 3.63) is 48.5 Å². The second-order valence-electron chi connectivity index (χ2n) is 4.84. The zero-order valence-electron chi connectivity index (χ0n) is 14.0. The van der Waals surface area contributed by atoms with Gasteiger partial charge in [-0.25, -0.2) is 0 Å². The molecule has 0 atom stereocenters. The van der Waals surface area contributed by atoms with Crippen LogP contribution in [0.3, 0.4) is 0 Å². The number of ether oxygens (including phenoxy) is 2. The van der Waals surface area contributed by atoms with E-state index in [9.17, 15) is 0 Å². The molecule has 0 spiro atoms. The molecule has 6 nitrogen and oxygen atoms in total. The topological polar surface area (TPSA) is 66.6 Å². The Labute approximate surface area is 157 Å². The van der Waals surface area contributed by atoms with Crippen molar-refractivity contribution in [1.29, 1.82) is 0 Å². The first-order valence-corrected chi connectivity index (χ1v) is 8.43. The first kappa shape index (κ1) is 18.8. The minimum atomic E-state index is 0.390. The molecule has 0 aliphatic heterocycles. The van der Waals surface area contributed by atoms with Crippen LogP contribution < -0.4 is 31.0 Å². The van der Waals surface area contributed by atoms with Crippen LogP contribution in [0.25, 0.3) is 0 Å². The zero-order valence-corrected chi connectivity index (χ0v) is 15.6. The van der Waals surface area contributed by atoms with E-state index in [4.69, 9.17) is 33.9 Å². The lowest BCUT2D eigenvalue weighted by atomic mass is 10.3. The second-order valence-corrected chi connectivity index (χ2v) is 5.66. The predicted molar refractivity (Wildman–Crippen MR) is 109 cm³/mol. The molecule has 0 aliphatic rings. The van der Waals surface area contributed by atoms with E-state index in [1.807, 2.05) is 55.5 Å². The van der Waals surface area contributed by atoms with Crippen LogP contribution in [-0.2, 0) is 0 Å². The Hall–Kier alpha value is -2.58. The van der Waals surface area contributed by atoms with Gasteiger partial charge in [-0.15, -0.1) is 0 Å². The molecule has 0 fully saturated rings. The van der Waals surface area contributed by atoms with Gasteiger partial charge in [0.15, 0.2) is 10.2 Å². The molecule has 0 heterocycles. The number of benzene rings is 2. The maximum absolute atomic E-state index is 5.39. The van der Waals surface area contributed by atoms with E-state index >= 15 is 0 Å². The van der Waals surface area contributed by atoms with Gasteiger partial charge in [-0.05, 0) is 79.9 Å². The number of hydrazine groups is 1. The lowest BCUT2D eigenvalue weighted by molar-refractivity contribution is 0.340. The van der Waals surface area contributed by atoms with Crippen molar-refractivity contribution in [3.63, 3.8) is 0 Å². The van der Waals surface area contributed by atoms with E-state index in [0.717, 1.165) is 22.9 Å². The van der Waals surface area contributed by atoms with Crippen molar-refractivity contribution in [3.8, 4) is 11.5 Å². The van der Waals surface area contributed by atoms with Crippen LogP contribution in [0, 0.1) is 0 Å². The van der Waals surface area contributed by atoms with E-state index < -0.39 is 0 Å². The molecule has 25 heavy (non-hydrogen) atoms. The predicted octanol–water partition coefficient (Wildman–Crippen LogP) is 3.28. The van der Waals surface area contributed by atoms with Crippen molar-refractivity contribution in [2.45, 2.75) is 6.92 Å². The Morgan fingerprint density at radius 3 is 1.64 bits per heavy atom. The Morgan fingerprint density at radius 2 is 1.24 bits per heavy atom. The molecule has 0 bridgehead atoms. The van der Waals surface area contributed by atoms with Gasteiger partial charge in [-0.2, -0.15) is 0 Å². The van der Waals surface area contributed by atoms with Gasteiger partial charge in [0.05, 0.1) is 13.7 Å². The van der Waals surface area contributed by atoms with Crippen molar-refractivity contribution in [2.24, 2.45) is 0 Å². The highest BCUT2D eigenvalue weighted by Gasteiger charge is 2.01. The summed E-state index contributed by atoms with van der Waals surface area (Å²) >= 11 is 10.4. The number of methoxy groups -OCH3 is 1. The minimum absolute atomic E-state index is 0.390. The highest BCUT2D eigenvalue weighted by atomic mass is 32.1. The largest absolute Gasteiger partial charge is 0.497 e. The number of thiocarbonyl (C=S) groups is 2. The summed E-state index contributed by atoms with van der Waals surface area (Å²) in [7, 11) is 1.62. The summed E-state index contributed by atoms with van der Waals surface area (Å²) in [6, 6.07) is 14.9. The third-order valence-corrected chi connectivity index (χ3v) is 3.47. The summed E-state index contributed by atoms with van der Waals surface area (Å²) in [6.45, 7) is 2.58. The van der Waals surface area contributed by atoms with Gasteiger partial charge in [0, 0.05) is 11.4 Å². The zero-order chi connectivity index (χ0) is 18.1. The molecule has 0 radical (unpaired) electrons. The van der Waals surface area contributed by atoms with E-state index in [-0.39, 0.29) is 0 Å². The van der Waals surface area contributed by atoms with E-state index in [1.54, 1.807) is 7.11 Å². The Kier molecular flexibility index (Phi) is 7.24. The fourth-order valence-electron chi connectivity index (χ4n) is 1.91. The Bertz CT molecular complexity index is 706. The molecule has 0 saturated heterocycles. The quantitative estimate of drug-likeness (QED) is 0.468. The van der Waals surface area contributed by atoms with Crippen molar-refractivity contribution in [1.82, 2.24) is 10.9 Å².